The van der Waals surface area contributed by atoms with Gasteiger partial charge in [-0.1, -0.05) is 33.6 Å². The summed E-state index contributed by atoms with van der Waals surface area (Å²) in [6.07, 6.45) is 0. The third-order valence-corrected chi connectivity index (χ3v) is 4.10. The summed E-state index contributed by atoms with van der Waals surface area (Å²) >= 11 is 9.69. The van der Waals surface area contributed by atoms with Crippen LogP contribution in [0.2, 0.25) is 5.02 Å². The van der Waals surface area contributed by atoms with Crippen LogP contribution in [0.4, 0.5) is 0 Å². The monoisotopic (exact) mass is 360 g/mol. The summed E-state index contributed by atoms with van der Waals surface area (Å²) in [6.45, 7) is 5.52. The highest BCUT2D eigenvalue weighted by atomic mass is 79.9. The Kier molecular flexibility index (Phi) is 5.84. The molecule has 6 heteroatoms. The third kappa shape index (κ3) is 3.73. The smallest absolute Gasteiger partial charge is 0.328 e. The van der Waals surface area contributed by atoms with Gasteiger partial charge in [0.2, 0.25) is 0 Å². The molecule has 0 aromatic heterocycles. The molecule has 0 bridgehead atoms. The van der Waals surface area contributed by atoms with Gasteiger partial charge in [0, 0.05) is 35.7 Å². The van der Waals surface area contributed by atoms with Gasteiger partial charge in [0.15, 0.2) is 0 Å². The maximum absolute atomic E-state index is 12.3. The minimum absolute atomic E-state index is 0.237. The number of rotatable bonds is 4. The number of hydrogen-bond acceptors (Lipinski definition) is 4. The van der Waals surface area contributed by atoms with Crippen LogP contribution in [0.25, 0.3) is 0 Å². The van der Waals surface area contributed by atoms with E-state index in [-0.39, 0.29) is 5.97 Å². The molecule has 110 valence electrons. The maximum Gasteiger partial charge on any atom is 0.328 e. The molecule has 1 aliphatic heterocycles. The first kappa shape index (κ1) is 15.8. The molecule has 1 aromatic carbocycles. The van der Waals surface area contributed by atoms with Gasteiger partial charge in [-0.25, -0.2) is 4.79 Å². The van der Waals surface area contributed by atoms with E-state index in [1.54, 1.807) is 0 Å². The Hall–Kier alpha value is -0.620. The van der Waals surface area contributed by atoms with Gasteiger partial charge in [-0.3, -0.25) is 4.90 Å². The molecule has 1 saturated heterocycles. The van der Waals surface area contributed by atoms with Crippen molar-refractivity contribution in [2.45, 2.75) is 13.0 Å². The number of nitrogens with one attached hydrogen (secondary N) is 1. The zero-order chi connectivity index (χ0) is 14.5. The summed E-state index contributed by atoms with van der Waals surface area (Å²) in [5.41, 5.74) is 0.801. The lowest BCUT2D eigenvalue weighted by molar-refractivity contribution is -0.150. The first-order chi connectivity index (χ1) is 9.63. The van der Waals surface area contributed by atoms with Gasteiger partial charge in [-0.2, -0.15) is 0 Å². The largest absolute Gasteiger partial charge is 0.465 e. The molecule has 0 saturated carbocycles. The predicted octanol–water partition coefficient (Wildman–Crippen LogP) is 2.61. The molecule has 0 radical (unpaired) electrons. The van der Waals surface area contributed by atoms with Crippen LogP contribution in [0, 0.1) is 0 Å². The molecule has 1 fully saturated rings. The zero-order valence-electron chi connectivity index (χ0n) is 11.4. The zero-order valence-corrected chi connectivity index (χ0v) is 13.7. The second-order valence-electron chi connectivity index (χ2n) is 4.61. The van der Waals surface area contributed by atoms with Gasteiger partial charge in [0.1, 0.15) is 6.04 Å². The van der Waals surface area contributed by atoms with Crippen molar-refractivity contribution in [2.24, 2.45) is 0 Å². The molecule has 1 heterocycles. The number of carbonyl (C=O) groups excluding carboxylic acids is 1. The molecular weight excluding hydrogens is 344 g/mol. The number of benzene rings is 1. The summed E-state index contributed by atoms with van der Waals surface area (Å²) in [4.78, 5) is 14.4. The molecule has 1 unspecified atom stereocenters. The number of piperazine rings is 1. The van der Waals surface area contributed by atoms with Gasteiger partial charge in [-0.15, -0.1) is 0 Å². The quantitative estimate of drug-likeness (QED) is 0.837. The Morgan fingerprint density at radius 3 is 2.80 bits per heavy atom. The summed E-state index contributed by atoms with van der Waals surface area (Å²) in [6, 6.07) is 5.16. The molecular formula is C14H18BrClN2O2. The number of nitrogens with zero attached hydrogens (tertiary/aromatic N) is 1. The van der Waals surface area contributed by atoms with Crippen LogP contribution in [0.3, 0.4) is 0 Å². The lowest BCUT2D eigenvalue weighted by Gasteiger charge is -2.34. The van der Waals surface area contributed by atoms with Crippen molar-refractivity contribution in [3.8, 4) is 0 Å². The molecule has 1 aromatic rings. The van der Waals surface area contributed by atoms with Crippen molar-refractivity contribution in [1.82, 2.24) is 10.2 Å². The Labute approximate surface area is 132 Å². The average molecular weight is 362 g/mol. The molecule has 1 N–H and O–H groups in total. The van der Waals surface area contributed by atoms with E-state index in [0.29, 0.717) is 11.6 Å². The van der Waals surface area contributed by atoms with Gasteiger partial charge in [-0.05, 0) is 24.6 Å². The molecule has 1 aliphatic rings. The van der Waals surface area contributed by atoms with Crippen LogP contribution < -0.4 is 5.32 Å². The molecule has 2 rings (SSSR count). The number of carbonyl (C=O) groups is 1. The van der Waals surface area contributed by atoms with Gasteiger partial charge >= 0.3 is 5.97 Å². The minimum atomic E-state index is -0.433. The number of ether oxygens (including phenoxy) is 1. The van der Waals surface area contributed by atoms with Gasteiger partial charge < -0.3 is 10.1 Å². The summed E-state index contributed by atoms with van der Waals surface area (Å²) in [5, 5.41) is 3.86. The first-order valence-electron chi connectivity index (χ1n) is 6.70. The first-order valence-corrected chi connectivity index (χ1v) is 7.87. The van der Waals surface area contributed by atoms with Gasteiger partial charge in [0.05, 0.1) is 6.61 Å². The highest BCUT2D eigenvalue weighted by Crippen LogP contribution is 2.31. The molecule has 0 aliphatic carbocycles. The van der Waals surface area contributed by atoms with E-state index in [2.05, 4.69) is 26.1 Å². The van der Waals surface area contributed by atoms with E-state index in [1.165, 1.54) is 0 Å². The minimum Gasteiger partial charge on any atom is -0.465 e. The SMILES string of the molecule is CCOC(=O)C(c1ccc(Br)cc1Cl)N1CCNCC1. The number of halogens is 2. The Morgan fingerprint density at radius 1 is 1.50 bits per heavy atom. The second kappa shape index (κ2) is 7.41. The van der Waals surface area contributed by atoms with E-state index in [1.807, 2.05) is 25.1 Å². The highest BCUT2D eigenvalue weighted by Gasteiger charge is 2.31. The van der Waals surface area contributed by atoms with E-state index in [9.17, 15) is 4.79 Å². The van der Waals surface area contributed by atoms with Crippen LogP contribution >= 0.6 is 27.5 Å². The average Bonchev–Trinajstić information content (AvgIpc) is 2.43. The lowest BCUT2D eigenvalue weighted by atomic mass is 10.0. The molecule has 1 atom stereocenters. The lowest BCUT2D eigenvalue weighted by Crippen LogP contribution is -2.47. The van der Waals surface area contributed by atoms with E-state index in [0.717, 1.165) is 36.2 Å². The fourth-order valence-electron chi connectivity index (χ4n) is 2.36. The second-order valence-corrected chi connectivity index (χ2v) is 5.93. The highest BCUT2D eigenvalue weighted by molar-refractivity contribution is 9.10. The van der Waals surface area contributed by atoms with Crippen LogP contribution in [0.5, 0.6) is 0 Å². The predicted molar refractivity (Wildman–Crippen MR) is 83.0 cm³/mol. The summed E-state index contributed by atoms with van der Waals surface area (Å²) in [7, 11) is 0. The molecule has 4 nitrogen and oxygen atoms in total. The van der Waals surface area contributed by atoms with E-state index >= 15 is 0 Å². The fraction of sp³-hybridized carbons (Fsp3) is 0.500. The molecule has 0 spiro atoms. The van der Waals surface area contributed by atoms with Gasteiger partial charge in [0.25, 0.3) is 0 Å². The Morgan fingerprint density at radius 2 is 2.20 bits per heavy atom. The van der Waals surface area contributed by atoms with Crippen LogP contribution in [0.1, 0.15) is 18.5 Å². The molecule has 20 heavy (non-hydrogen) atoms. The maximum atomic E-state index is 12.3. The Balaban J connectivity index is 2.31. The van der Waals surface area contributed by atoms with Crippen molar-refractivity contribution in [3.63, 3.8) is 0 Å². The fourth-order valence-corrected chi connectivity index (χ4v) is 3.13. The van der Waals surface area contributed by atoms with Crippen molar-refractivity contribution < 1.29 is 9.53 Å². The van der Waals surface area contributed by atoms with Crippen LogP contribution in [-0.4, -0.2) is 43.7 Å². The Bertz CT molecular complexity index is 478. The summed E-state index contributed by atoms with van der Waals surface area (Å²) < 4.78 is 6.12. The van der Waals surface area contributed by atoms with Crippen molar-refractivity contribution in [3.05, 3.63) is 33.3 Å². The number of esters is 1. The molecule has 0 amide bonds. The summed E-state index contributed by atoms with van der Waals surface area (Å²) in [5.74, 6) is -0.237. The standard InChI is InChI=1S/C14H18BrClN2O2/c1-2-20-14(19)13(18-7-5-17-6-8-18)11-4-3-10(15)9-12(11)16/h3-4,9,13,17H,2,5-8H2,1H3. The van der Waals surface area contributed by atoms with Crippen molar-refractivity contribution in [2.75, 3.05) is 32.8 Å². The van der Waals surface area contributed by atoms with Crippen molar-refractivity contribution in [1.29, 1.82) is 0 Å². The normalized spacial score (nSPS) is 17.8. The third-order valence-electron chi connectivity index (χ3n) is 3.28. The topological polar surface area (TPSA) is 41.6 Å². The van der Waals surface area contributed by atoms with Crippen LogP contribution in [-0.2, 0) is 9.53 Å². The van der Waals surface area contributed by atoms with Crippen molar-refractivity contribution >= 4 is 33.5 Å². The van der Waals surface area contributed by atoms with E-state index in [4.69, 9.17) is 16.3 Å². The van der Waals surface area contributed by atoms with E-state index < -0.39 is 6.04 Å². The number of hydrogen-bond donors (Lipinski definition) is 1. The van der Waals surface area contributed by atoms with Crippen LogP contribution in [0.15, 0.2) is 22.7 Å².